The van der Waals surface area contributed by atoms with E-state index in [1.165, 1.54) is 44.5 Å². The highest BCUT2D eigenvalue weighted by Crippen LogP contribution is 2.21. The van der Waals surface area contributed by atoms with Crippen LogP contribution >= 0.6 is 0 Å². The minimum absolute atomic E-state index is 0.850. The van der Waals surface area contributed by atoms with Crippen molar-refractivity contribution in [3.8, 4) is 22.3 Å². The molecule has 0 amide bonds. The fraction of sp³-hybridized carbons (Fsp3) is 0.105. The zero-order chi connectivity index (χ0) is 27.7. The molecule has 2 N–H and O–H groups in total. The summed E-state index contributed by atoms with van der Waals surface area (Å²) < 4.78 is 4.45. The minimum atomic E-state index is 0.850. The Morgan fingerprint density at radius 2 is 0.683 bits per heavy atom. The molecular formula is C38H36N3+3. The van der Waals surface area contributed by atoms with E-state index in [0.29, 0.717) is 0 Å². The van der Waals surface area contributed by atoms with Crippen molar-refractivity contribution < 1.29 is 14.5 Å². The summed E-state index contributed by atoms with van der Waals surface area (Å²) in [7, 11) is 0. The maximum atomic E-state index is 2.35. The Balaban J connectivity index is 1.02. The molecule has 0 spiro atoms. The molecule has 0 radical (unpaired) electrons. The van der Waals surface area contributed by atoms with Crippen LogP contribution in [0.15, 0.2) is 158 Å². The van der Waals surface area contributed by atoms with E-state index in [2.05, 4.69) is 173 Å². The Morgan fingerprint density at radius 1 is 0.341 bits per heavy atom. The monoisotopic (exact) mass is 534 g/mol. The summed E-state index contributed by atoms with van der Waals surface area (Å²) in [5.74, 6) is 0. The largest absolute Gasteiger partial charge is 0.339 e. The number of rotatable bonds is 10. The Kier molecular flexibility index (Phi) is 8.36. The third-order valence-corrected chi connectivity index (χ3v) is 7.53. The van der Waals surface area contributed by atoms with Crippen LogP contribution in [0.3, 0.4) is 0 Å². The fourth-order valence-electron chi connectivity index (χ4n) is 5.17. The number of pyridine rings is 2. The van der Waals surface area contributed by atoms with E-state index >= 15 is 0 Å². The van der Waals surface area contributed by atoms with E-state index < -0.39 is 0 Å². The molecule has 0 aliphatic rings. The highest BCUT2D eigenvalue weighted by Gasteiger charge is 2.08. The van der Waals surface area contributed by atoms with E-state index in [0.717, 1.165) is 26.2 Å². The molecule has 0 fully saturated rings. The zero-order valence-electron chi connectivity index (χ0n) is 23.3. The number of nitrogens with zero attached hydrogens (tertiary/aromatic N) is 2. The Bertz CT molecular complexity index is 1640. The van der Waals surface area contributed by atoms with Crippen molar-refractivity contribution in [2.75, 3.05) is 0 Å². The topological polar surface area (TPSA) is 24.4 Å². The summed E-state index contributed by atoms with van der Waals surface area (Å²) in [5, 5.41) is 2.35. The number of aromatic nitrogens is 2. The van der Waals surface area contributed by atoms with Gasteiger partial charge in [0.15, 0.2) is 37.9 Å². The van der Waals surface area contributed by atoms with Crippen molar-refractivity contribution in [1.82, 2.24) is 0 Å². The van der Waals surface area contributed by atoms with Gasteiger partial charge in [-0.15, -0.1) is 0 Å². The second-order valence-corrected chi connectivity index (χ2v) is 10.6. The summed E-state index contributed by atoms with van der Waals surface area (Å²) in [6.45, 7) is 3.73. The summed E-state index contributed by atoms with van der Waals surface area (Å²) in [6.07, 6.45) is 8.65. The lowest BCUT2D eigenvalue weighted by atomic mass is 10.0. The number of nitrogens with two attached hydrogens (primary N) is 1. The third kappa shape index (κ3) is 7.21. The highest BCUT2D eigenvalue weighted by molar-refractivity contribution is 5.64. The maximum absolute atomic E-state index is 2.35. The van der Waals surface area contributed by atoms with Crippen LogP contribution in [0, 0.1) is 0 Å². The molecule has 200 valence electrons. The van der Waals surface area contributed by atoms with E-state index in [-0.39, 0.29) is 0 Å². The first-order valence-corrected chi connectivity index (χ1v) is 14.3. The van der Waals surface area contributed by atoms with E-state index in [1.54, 1.807) is 0 Å². The number of hydrogen-bond donors (Lipinski definition) is 1. The molecule has 0 bridgehead atoms. The summed E-state index contributed by atoms with van der Waals surface area (Å²) in [6, 6.07) is 47.9. The van der Waals surface area contributed by atoms with Crippen LogP contribution in [0.2, 0.25) is 0 Å². The molecule has 0 saturated carbocycles. The Morgan fingerprint density at radius 3 is 1.15 bits per heavy atom. The van der Waals surface area contributed by atoms with Crippen LogP contribution in [0.4, 0.5) is 0 Å². The summed E-state index contributed by atoms with van der Waals surface area (Å²) in [5.41, 5.74) is 10.3. The van der Waals surface area contributed by atoms with Crippen LogP contribution in [0.1, 0.15) is 22.3 Å². The number of benzene rings is 4. The van der Waals surface area contributed by atoms with E-state index in [9.17, 15) is 0 Å². The zero-order valence-corrected chi connectivity index (χ0v) is 23.3. The lowest BCUT2D eigenvalue weighted by Crippen LogP contribution is -2.80. The van der Waals surface area contributed by atoms with Gasteiger partial charge >= 0.3 is 0 Å². The lowest BCUT2D eigenvalue weighted by Gasteiger charge is -2.06. The predicted octanol–water partition coefficient (Wildman–Crippen LogP) is 5.96. The minimum Gasteiger partial charge on any atom is -0.339 e. The fourth-order valence-corrected chi connectivity index (χ4v) is 5.17. The van der Waals surface area contributed by atoms with Gasteiger partial charge in [-0.3, -0.25) is 0 Å². The average molecular weight is 535 g/mol. The maximum Gasteiger partial charge on any atom is 0.173 e. The van der Waals surface area contributed by atoms with Crippen molar-refractivity contribution in [2.45, 2.75) is 26.2 Å². The van der Waals surface area contributed by atoms with E-state index in [1.807, 2.05) is 0 Å². The first kappa shape index (κ1) is 26.4. The molecule has 3 heteroatoms. The molecule has 2 heterocycles. The van der Waals surface area contributed by atoms with Crippen LogP contribution in [-0.2, 0) is 26.2 Å². The highest BCUT2D eigenvalue weighted by atomic mass is 14.9. The second-order valence-electron chi connectivity index (χ2n) is 10.6. The van der Waals surface area contributed by atoms with Crippen LogP contribution in [0.25, 0.3) is 22.3 Å². The van der Waals surface area contributed by atoms with Gasteiger partial charge in [0.05, 0.1) is 0 Å². The first-order chi connectivity index (χ1) is 20.3. The first-order valence-electron chi connectivity index (χ1n) is 14.3. The predicted molar refractivity (Wildman–Crippen MR) is 165 cm³/mol. The van der Waals surface area contributed by atoms with Gasteiger partial charge in [0.25, 0.3) is 0 Å². The molecule has 2 aromatic heterocycles. The van der Waals surface area contributed by atoms with E-state index in [4.69, 9.17) is 0 Å². The van der Waals surface area contributed by atoms with Crippen molar-refractivity contribution in [3.05, 3.63) is 181 Å². The van der Waals surface area contributed by atoms with Crippen molar-refractivity contribution in [1.29, 1.82) is 0 Å². The molecular weight excluding hydrogens is 498 g/mol. The summed E-state index contributed by atoms with van der Waals surface area (Å²) >= 11 is 0. The van der Waals surface area contributed by atoms with Gasteiger partial charge < -0.3 is 5.32 Å². The Labute approximate surface area is 243 Å². The third-order valence-electron chi connectivity index (χ3n) is 7.53. The quantitative estimate of drug-likeness (QED) is 0.210. The van der Waals surface area contributed by atoms with Crippen LogP contribution in [0.5, 0.6) is 0 Å². The van der Waals surface area contributed by atoms with Gasteiger partial charge in [-0.25, -0.2) is 9.13 Å². The van der Waals surface area contributed by atoms with Crippen LogP contribution in [-0.4, -0.2) is 0 Å². The van der Waals surface area contributed by atoms with Crippen molar-refractivity contribution in [3.63, 3.8) is 0 Å². The van der Waals surface area contributed by atoms with Crippen LogP contribution < -0.4 is 14.5 Å². The van der Waals surface area contributed by atoms with Gasteiger partial charge in [0, 0.05) is 46.5 Å². The summed E-state index contributed by atoms with van der Waals surface area (Å²) in [4.78, 5) is 0. The van der Waals surface area contributed by atoms with Gasteiger partial charge in [-0.1, -0.05) is 109 Å². The smallest absolute Gasteiger partial charge is 0.173 e. The standard InChI is InChI=1S/C38H35N3/c1-3-7-31(8-4-1)27-39-28-32-11-15-35(16-12-32)36-17-13-34(14-18-36)30-41-25-21-38(22-26-41)37-19-23-40(24-20-37)29-33-9-5-2-6-10-33/h1-26,39H,27-30H2/q+2/p+1. The lowest BCUT2D eigenvalue weighted by molar-refractivity contribution is -0.688. The molecule has 0 saturated heterocycles. The van der Waals surface area contributed by atoms with Crippen molar-refractivity contribution >= 4 is 0 Å². The molecule has 0 aliphatic carbocycles. The molecule has 0 aliphatic heterocycles. The molecule has 0 unspecified atom stereocenters. The number of hydrogen-bond acceptors (Lipinski definition) is 0. The SMILES string of the molecule is c1ccc(C[NH2+]Cc2ccc(-c3ccc(C[n+]4ccc(-c5cc[n+](Cc6ccccc6)cc5)cc4)cc3)cc2)cc1. The Hall–Kier alpha value is -4.86. The average Bonchev–Trinajstić information content (AvgIpc) is 3.04. The van der Waals surface area contributed by atoms with Gasteiger partial charge in [0.1, 0.15) is 13.1 Å². The van der Waals surface area contributed by atoms with Gasteiger partial charge in [-0.2, -0.15) is 0 Å². The molecule has 41 heavy (non-hydrogen) atoms. The molecule has 6 aromatic rings. The van der Waals surface area contributed by atoms with Gasteiger partial charge in [-0.05, 0) is 22.3 Å². The van der Waals surface area contributed by atoms with Crippen molar-refractivity contribution in [2.24, 2.45) is 0 Å². The molecule has 4 aromatic carbocycles. The molecule has 3 nitrogen and oxygen atoms in total. The molecule has 6 rings (SSSR count). The second kappa shape index (κ2) is 13.0. The van der Waals surface area contributed by atoms with Gasteiger partial charge in [0.2, 0.25) is 0 Å². The number of quaternary nitrogens is 1. The normalized spacial score (nSPS) is 10.9. The molecule has 0 atom stereocenters.